The molecule has 8 heteroatoms. The van der Waals surface area contributed by atoms with E-state index in [2.05, 4.69) is 10.6 Å². The molecule has 4 atom stereocenters. The minimum atomic E-state index is -1.26. The number of carbonyl (C=O) groups excluding carboxylic acids is 3. The zero-order valence-corrected chi connectivity index (χ0v) is 14.6. The van der Waals surface area contributed by atoms with Crippen LogP contribution in [0.3, 0.4) is 0 Å². The highest BCUT2D eigenvalue weighted by Gasteiger charge is 2.69. The summed E-state index contributed by atoms with van der Waals surface area (Å²) in [5.74, 6) is -2.31. The number of benzene rings is 1. The van der Waals surface area contributed by atoms with Crippen molar-refractivity contribution in [2.45, 2.75) is 18.5 Å². The van der Waals surface area contributed by atoms with Gasteiger partial charge in [-0.3, -0.25) is 24.6 Å². The molecule has 1 aromatic carbocycles. The second-order valence-corrected chi connectivity index (χ2v) is 7.09. The van der Waals surface area contributed by atoms with Crippen LogP contribution in [0.4, 0.5) is 5.69 Å². The maximum atomic E-state index is 13.0. The van der Waals surface area contributed by atoms with E-state index in [0.717, 1.165) is 0 Å². The summed E-state index contributed by atoms with van der Waals surface area (Å²) in [5, 5.41) is 6.43. The van der Waals surface area contributed by atoms with Crippen LogP contribution in [-0.2, 0) is 24.7 Å². The number of hydrogen-bond donors (Lipinski definition) is 2. The van der Waals surface area contributed by atoms with Crippen LogP contribution in [0.2, 0.25) is 5.02 Å². The van der Waals surface area contributed by atoms with Gasteiger partial charge in [-0.25, -0.2) is 0 Å². The summed E-state index contributed by atoms with van der Waals surface area (Å²) in [6.45, 7) is 2.28. The first-order chi connectivity index (χ1) is 11.9. The van der Waals surface area contributed by atoms with Crippen LogP contribution < -0.4 is 10.6 Å². The van der Waals surface area contributed by atoms with Gasteiger partial charge in [0.15, 0.2) is 0 Å². The van der Waals surface area contributed by atoms with Gasteiger partial charge in [0, 0.05) is 18.7 Å². The van der Waals surface area contributed by atoms with Crippen LogP contribution in [0.5, 0.6) is 0 Å². The molecule has 0 radical (unpaired) electrons. The monoisotopic (exact) mass is 363 g/mol. The Balaban J connectivity index is 1.84. The summed E-state index contributed by atoms with van der Waals surface area (Å²) < 4.78 is 5.00. The van der Waals surface area contributed by atoms with Crippen molar-refractivity contribution in [3.8, 4) is 0 Å². The molecule has 3 amide bonds. The maximum Gasteiger partial charge on any atom is 0.250 e. The fourth-order valence-electron chi connectivity index (χ4n) is 4.42. The fraction of sp³-hybridized carbons (Fsp3) is 0.471. The van der Waals surface area contributed by atoms with E-state index in [1.165, 1.54) is 12.0 Å². The van der Waals surface area contributed by atoms with Crippen molar-refractivity contribution in [3.05, 3.63) is 28.8 Å². The highest BCUT2D eigenvalue weighted by Crippen LogP contribution is 2.53. The molecule has 0 bridgehead atoms. The normalized spacial score (nSPS) is 33.2. The number of rotatable bonds is 3. The summed E-state index contributed by atoms with van der Waals surface area (Å²) in [6.07, 6.45) is 0. The largest absolute Gasteiger partial charge is 0.383 e. The average Bonchev–Trinajstić information content (AvgIpc) is 3.13. The molecule has 2 saturated heterocycles. The second-order valence-electron chi connectivity index (χ2n) is 6.68. The van der Waals surface area contributed by atoms with Crippen LogP contribution in [0.15, 0.2) is 18.2 Å². The van der Waals surface area contributed by atoms with E-state index >= 15 is 0 Å². The topological polar surface area (TPSA) is 87.7 Å². The number of imide groups is 1. The lowest BCUT2D eigenvalue weighted by Crippen LogP contribution is -2.53. The molecular weight excluding hydrogens is 346 g/mol. The molecule has 132 valence electrons. The Morgan fingerprint density at radius 1 is 1.28 bits per heavy atom. The third kappa shape index (κ3) is 1.97. The minimum absolute atomic E-state index is 0.188. The van der Waals surface area contributed by atoms with Crippen molar-refractivity contribution in [1.82, 2.24) is 10.2 Å². The first-order valence-corrected chi connectivity index (χ1v) is 8.53. The molecule has 3 heterocycles. The van der Waals surface area contributed by atoms with Crippen LogP contribution in [0.1, 0.15) is 12.5 Å². The zero-order chi connectivity index (χ0) is 17.9. The molecule has 0 saturated carbocycles. The van der Waals surface area contributed by atoms with E-state index in [1.54, 1.807) is 18.2 Å². The van der Waals surface area contributed by atoms with Gasteiger partial charge in [0.2, 0.25) is 17.7 Å². The smallest absolute Gasteiger partial charge is 0.250 e. The molecule has 4 rings (SSSR count). The van der Waals surface area contributed by atoms with Crippen LogP contribution >= 0.6 is 11.6 Å². The molecule has 3 aliphatic rings. The first-order valence-electron chi connectivity index (χ1n) is 8.15. The lowest BCUT2D eigenvalue weighted by molar-refractivity contribution is -0.143. The van der Waals surface area contributed by atoms with Crippen LogP contribution in [0, 0.1) is 11.8 Å². The molecule has 0 aliphatic carbocycles. The number of carbonyl (C=O) groups is 3. The first kappa shape index (κ1) is 16.5. The number of para-hydroxylation sites is 1. The summed E-state index contributed by atoms with van der Waals surface area (Å²) in [6, 6.07) is 4.88. The van der Waals surface area contributed by atoms with Gasteiger partial charge in [-0.05, 0) is 13.0 Å². The predicted molar refractivity (Wildman–Crippen MR) is 89.9 cm³/mol. The van der Waals surface area contributed by atoms with Gasteiger partial charge in [0.25, 0.3) is 0 Å². The van der Waals surface area contributed by atoms with E-state index in [-0.39, 0.29) is 36.9 Å². The maximum absolute atomic E-state index is 13.0. The lowest BCUT2D eigenvalue weighted by Gasteiger charge is -2.29. The van der Waals surface area contributed by atoms with Gasteiger partial charge in [0.1, 0.15) is 5.54 Å². The molecule has 7 nitrogen and oxygen atoms in total. The van der Waals surface area contributed by atoms with Crippen molar-refractivity contribution in [2.24, 2.45) is 11.8 Å². The molecule has 2 N–H and O–H groups in total. The van der Waals surface area contributed by atoms with Gasteiger partial charge < -0.3 is 10.1 Å². The molecule has 0 unspecified atom stereocenters. The van der Waals surface area contributed by atoms with E-state index in [9.17, 15) is 14.4 Å². The van der Waals surface area contributed by atoms with Gasteiger partial charge >= 0.3 is 0 Å². The minimum Gasteiger partial charge on any atom is -0.383 e. The number of methoxy groups -OCH3 is 1. The van der Waals surface area contributed by atoms with E-state index in [0.29, 0.717) is 16.3 Å². The number of nitrogens with zero attached hydrogens (tertiary/aromatic N) is 1. The Morgan fingerprint density at radius 3 is 2.76 bits per heavy atom. The Labute approximate surface area is 149 Å². The van der Waals surface area contributed by atoms with Gasteiger partial charge in [-0.15, -0.1) is 0 Å². The highest BCUT2D eigenvalue weighted by molar-refractivity contribution is 6.35. The number of anilines is 1. The van der Waals surface area contributed by atoms with Crippen molar-refractivity contribution in [2.75, 3.05) is 25.6 Å². The van der Waals surface area contributed by atoms with Crippen LogP contribution in [0.25, 0.3) is 0 Å². The zero-order valence-electron chi connectivity index (χ0n) is 13.8. The van der Waals surface area contributed by atoms with Crippen molar-refractivity contribution in [3.63, 3.8) is 0 Å². The van der Waals surface area contributed by atoms with E-state index in [1.807, 2.05) is 6.92 Å². The Kier molecular flexibility index (Phi) is 3.64. The number of fused-ring (bicyclic) bond motifs is 4. The number of likely N-dealkylation sites (tertiary alicyclic amines) is 1. The van der Waals surface area contributed by atoms with Crippen molar-refractivity contribution in [1.29, 1.82) is 0 Å². The number of ether oxygens (including phenoxy) is 1. The Hall–Kier alpha value is -1.96. The molecule has 0 aromatic heterocycles. The number of hydrogen-bond acceptors (Lipinski definition) is 5. The average molecular weight is 364 g/mol. The highest BCUT2D eigenvalue weighted by atomic mass is 35.5. The van der Waals surface area contributed by atoms with Crippen molar-refractivity contribution >= 4 is 35.0 Å². The summed E-state index contributed by atoms with van der Waals surface area (Å²) in [7, 11) is 1.51. The quantitative estimate of drug-likeness (QED) is 0.773. The van der Waals surface area contributed by atoms with E-state index in [4.69, 9.17) is 16.3 Å². The fourth-order valence-corrected chi connectivity index (χ4v) is 4.64. The molecule has 2 fully saturated rings. The standard InChI is InChI=1S/C17H18ClN3O4/c1-8-11-12(15(23)21(14(11)22)6-7-25-2)17(20-8)9-4-3-5-10(18)13(9)19-16(17)24/h3-5,8,11-12,20H,6-7H2,1-2H3,(H,19,24)/t8-,11-,12+,17+/m1/s1. The predicted octanol–water partition coefficient (Wildman–Crippen LogP) is 0.727. The lowest BCUT2D eigenvalue weighted by atomic mass is 9.76. The third-order valence-corrected chi connectivity index (χ3v) is 5.77. The number of nitrogens with one attached hydrogen (secondary N) is 2. The summed E-state index contributed by atoms with van der Waals surface area (Å²) in [4.78, 5) is 40.0. The van der Waals surface area contributed by atoms with E-state index < -0.39 is 17.4 Å². The van der Waals surface area contributed by atoms with Crippen LogP contribution in [-0.4, -0.2) is 48.9 Å². The Morgan fingerprint density at radius 2 is 2.04 bits per heavy atom. The molecule has 3 aliphatic heterocycles. The van der Waals surface area contributed by atoms with Gasteiger partial charge in [-0.1, -0.05) is 23.7 Å². The third-order valence-electron chi connectivity index (χ3n) is 5.46. The molecule has 1 aromatic rings. The molecular formula is C17H18ClN3O4. The summed E-state index contributed by atoms with van der Waals surface area (Å²) >= 11 is 6.22. The molecule has 1 spiro atoms. The SMILES string of the molecule is COCCN1C(=O)[C@H]2[C@@H](C1=O)[C@]1(N[C@@H]2C)C(=O)Nc2c(Cl)cccc21. The molecule has 25 heavy (non-hydrogen) atoms. The Bertz CT molecular complexity index is 798. The second kappa shape index (κ2) is 5.52. The van der Waals surface area contributed by atoms with Gasteiger partial charge in [0.05, 0.1) is 35.7 Å². The summed E-state index contributed by atoms with van der Waals surface area (Å²) in [5.41, 5.74) is -0.136. The van der Waals surface area contributed by atoms with Gasteiger partial charge in [-0.2, -0.15) is 0 Å². The number of amides is 3. The van der Waals surface area contributed by atoms with Crippen molar-refractivity contribution < 1.29 is 19.1 Å². The number of halogens is 1.